The van der Waals surface area contributed by atoms with E-state index in [1.165, 1.54) is 24.3 Å². The first-order chi connectivity index (χ1) is 9.75. The van der Waals surface area contributed by atoms with Gasteiger partial charge in [-0.05, 0) is 24.3 Å². The minimum Gasteiger partial charge on any atom is -0.383 e. The van der Waals surface area contributed by atoms with E-state index in [1.807, 2.05) is 0 Å². The lowest BCUT2D eigenvalue weighted by Crippen LogP contribution is -1.97. The van der Waals surface area contributed by atoms with Crippen molar-refractivity contribution in [2.45, 2.75) is 14.8 Å². The first-order valence-electron chi connectivity index (χ1n) is 5.65. The summed E-state index contributed by atoms with van der Waals surface area (Å²) in [6.07, 6.45) is 1.12. The molecule has 0 aliphatic heterocycles. The summed E-state index contributed by atoms with van der Waals surface area (Å²) in [6, 6.07) is 8.65. The van der Waals surface area contributed by atoms with Crippen LogP contribution in [0.3, 0.4) is 0 Å². The van der Waals surface area contributed by atoms with Gasteiger partial charge in [0.05, 0.1) is 15.9 Å². The lowest BCUT2D eigenvalue weighted by atomic mass is 10.4. The molecular weight excluding hydrogens is 314 g/mol. The molecule has 0 atom stereocenters. The van der Waals surface area contributed by atoms with Gasteiger partial charge in [0.15, 0.2) is 9.84 Å². The van der Waals surface area contributed by atoms with Crippen LogP contribution >= 0.6 is 11.8 Å². The molecule has 2 aromatic rings. The van der Waals surface area contributed by atoms with Crippen molar-refractivity contribution in [3.8, 4) is 0 Å². The topological polar surface area (TPSA) is 116 Å². The van der Waals surface area contributed by atoms with Crippen LogP contribution in [0.4, 0.5) is 11.5 Å². The maximum atomic E-state index is 11.4. The highest BCUT2D eigenvalue weighted by Crippen LogP contribution is 2.30. The van der Waals surface area contributed by atoms with E-state index in [-0.39, 0.29) is 16.4 Å². The van der Waals surface area contributed by atoms with Crippen LogP contribution in [0.25, 0.3) is 0 Å². The third kappa shape index (κ3) is 3.92. The lowest BCUT2D eigenvalue weighted by molar-refractivity contribution is -0.385. The van der Waals surface area contributed by atoms with Gasteiger partial charge in [-0.25, -0.2) is 13.4 Å². The Kier molecular flexibility index (Phi) is 4.14. The number of aromatic nitrogens is 1. The van der Waals surface area contributed by atoms with Crippen molar-refractivity contribution in [1.82, 2.24) is 4.98 Å². The summed E-state index contributed by atoms with van der Waals surface area (Å²) in [6.45, 7) is 0. The van der Waals surface area contributed by atoms with E-state index < -0.39 is 14.8 Å². The minimum atomic E-state index is -3.25. The molecule has 0 aliphatic rings. The highest BCUT2D eigenvalue weighted by molar-refractivity contribution is 7.99. The van der Waals surface area contributed by atoms with Gasteiger partial charge in [-0.1, -0.05) is 11.8 Å². The zero-order valence-corrected chi connectivity index (χ0v) is 12.5. The van der Waals surface area contributed by atoms with Gasteiger partial charge >= 0.3 is 0 Å². The van der Waals surface area contributed by atoms with Gasteiger partial charge in [-0.2, -0.15) is 0 Å². The molecule has 0 saturated carbocycles. The van der Waals surface area contributed by atoms with Gasteiger partial charge in [-0.15, -0.1) is 0 Å². The van der Waals surface area contributed by atoms with Gasteiger partial charge in [0, 0.05) is 17.2 Å². The molecule has 7 nitrogen and oxygen atoms in total. The minimum absolute atomic E-state index is 0.0551. The van der Waals surface area contributed by atoms with Crippen LogP contribution < -0.4 is 5.73 Å². The molecule has 0 bridgehead atoms. The average molecular weight is 325 g/mol. The zero-order chi connectivity index (χ0) is 15.6. The number of nitrogens with two attached hydrogens (primary N) is 1. The van der Waals surface area contributed by atoms with Crippen LogP contribution in [0.5, 0.6) is 0 Å². The van der Waals surface area contributed by atoms with Crippen LogP contribution in [0.2, 0.25) is 0 Å². The highest BCUT2D eigenvalue weighted by Gasteiger charge is 2.11. The molecule has 9 heteroatoms. The molecule has 2 rings (SSSR count). The number of benzene rings is 1. The molecule has 0 spiro atoms. The predicted octanol–water partition coefficient (Wildman–Crippen LogP) is 2.13. The van der Waals surface area contributed by atoms with E-state index in [0.717, 1.165) is 18.0 Å². The van der Waals surface area contributed by atoms with Crippen molar-refractivity contribution in [1.29, 1.82) is 0 Å². The molecule has 110 valence electrons. The first-order valence-corrected chi connectivity index (χ1v) is 8.36. The van der Waals surface area contributed by atoms with Crippen molar-refractivity contribution in [2.75, 3.05) is 12.0 Å². The summed E-state index contributed by atoms with van der Waals surface area (Å²) in [5, 5.41) is 11.1. The van der Waals surface area contributed by atoms with Crippen molar-refractivity contribution < 1.29 is 13.3 Å². The number of anilines is 1. The molecule has 2 N–H and O–H groups in total. The standard InChI is InChI=1S/C12H11N3O4S2/c1-21(18,19)10-4-2-9(3-5-10)20-12-7-8(15(16)17)6-11(13)14-12/h2-7H,1H3,(H2,13,14). The Morgan fingerprint density at radius 1 is 1.24 bits per heavy atom. The van der Waals surface area contributed by atoms with Gasteiger partial charge in [-0.3, -0.25) is 10.1 Å². The van der Waals surface area contributed by atoms with Crippen LogP contribution in [-0.4, -0.2) is 24.6 Å². The fourth-order valence-electron chi connectivity index (χ4n) is 1.54. The quantitative estimate of drug-likeness (QED) is 0.676. The van der Waals surface area contributed by atoms with Gasteiger partial charge < -0.3 is 5.73 Å². The maximum Gasteiger partial charge on any atom is 0.275 e. The Balaban J connectivity index is 2.28. The van der Waals surface area contributed by atoms with Crippen LogP contribution in [0, 0.1) is 10.1 Å². The molecule has 0 amide bonds. The van der Waals surface area contributed by atoms with Gasteiger partial charge in [0.1, 0.15) is 10.8 Å². The molecule has 1 aromatic heterocycles. The molecule has 21 heavy (non-hydrogen) atoms. The summed E-state index contributed by atoms with van der Waals surface area (Å²) in [4.78, 5) is 15.1. The second kappa shape index (κ2) is 5.70. The second-order valence-corrected chi connectivity index (χ2v) is 7.30. The Bertz CT molecular complexity index is 789. The SMILES string of the molecule is CS(=O)(=O)c1ccc(Sc2cc([N+](=O)[O-])cc(N)n2)cc1. The number of nitrogens with zero attached hydrogens (tertiary/aromatic N) is 2. The second-order valence-electron chi connectivity index (χ2n) is 4.19. The molecule has 0 unspecified atom stereocenters. The number of nitrogen functional groups attached to an aromatic ring is 1. The van der Waals surface area contributed by atoms with E-state index in [9.17, 15) is 18.5 Å². The van der Waals surface area contributed by atoms with Gasteiger partial charge in [0.25, 0.3) is 5.69 Å². The van der Waals surface area contributed by atoms with Crippen molar-refractivity contribution >= 4 is 33.1 Å². The van der Waals surface area contributed by atoms with E-state index in [0.29, 0.717) is 9.92 Å². The Labute approximate surface area is 125 Å². The van der Waals surface area contributed by atoms with Crippen molar-refractivity contribution in [2.24, 2.45) is 0 Å². The number of rotatable bonds is 4. The number of nitro groups is 1. The zero-order valence-electron chi connectivity index (χ0n) is 10.9. The maximum absolute atomic E-state index is 11.4. The summed E-state index contributed by atoms with van der Waals surface area (Å²) in [5.74, 6) is 0.0551. The van der Waals surface area contributed by atoms with Crippen LogP contribution in [-0.2, 0) is 9.84 Å². The molecule has 1 aromatic carbocycles. The molecule has 0 fully saturated rings. The summed E-state index contributed by atoms with van der Waals surface area (Å²) < 4.78 is 22.7. The van der Waals surface area contributed by atoms with E-state index in [4.69, 9.17) is 5.73 Å². The summed E-state index contributed by atoms with van der Waals surface area (Å²) in [5.41, 5.74) is 5.38. The third-order valence-electron chi connectivity index (χ3n) is 2.49. The summed E-state index contributed by atoms with van der Waals surface area (Å²) in [7, 11) is -3.25. The van der Waals surface area contributed by atoms with Crippen LogP contribution in [0.1, 0.15) is 0 Å². The largest absolute Gasteiger partial charge is 0.383 e. The lowest BCUT2D eigenvalue weighted by Gasteiger charge is -2.03. The first kappa shape index (κ1) is 15.3. The Morgan fingerprint density at radius 2 is 1.86 bits per heavy atom. The number of sulfone groups is 1. The summed E-state index contributed by atoms with van der Waals surface area (Å²) >= 11 is 1.16. The van der Waals surface area contributed by atoms with Crippen molar-refractivity contribution in [3.05, 3.63) is 46.5 Å². The number of pyridine rings is 1. The highest BCUT2D eigenvalue weighted by atomic mass is 32.2. The van der Waals surface area contributed by atoms with Crippen molar-refractivity contribution in [3.63, 3.8) is 0 Å². The fourth-order valence-corrected chi connectivity index (χ4v) is 3.02. The molecule has 0 radical (unpaired) electrons. The number of hydrogen-bond acceptors (Lipinski definition) is 7. The number of hydrogen-bond donors (Lipinski definition) is 1. The molecular formula is C12H11N3O4S2. The molecule has 0 saturated heterocycles. The van der Waals surface area contributed by atoms with Gasteiger partial charge in [0.2, 0.25) is 0 Å². The fraction of sp³-hybridized carbons (Fsp3) is 0.0833. The van der Waals surface area contributed by atoms with E-state index in [2.05, 4.69) is 4.98 Å². The normalized spacial score (nSPS) is 11.3. The van der Waals surface area contributed by atoms with E-state index >= 15 is 0 Å². The van der Waals surface area contributed by atoms with E-state index in [1.54, 1.807) is 12.1 Å². The third-order valence-corrected chi connectivity index (χ3v) is 4.55. The monoisotopic (exact) mass is 325 g/mol. The average Bonchev–Trinajstić information content (AvgIpc) is 2.37. The smallest absolute Gasteiger partial charge is 0.275 e. The Morgan fingerprint density at radius 3 is 2.38 bits per heavy atom. The Hall–Kier alpha value is -2.13. The molecule has 1 heterocycles. The molecule has 0 aliphatic carbocycles. The predicted molar refractivity (Wildman–Crippen MR) is 79.0 cm³/mol. The van der Waals surface area contributed by atoms with Crippen LogP contribution in [0.15, 0.2) is 51.2 Å².